The summed E-state index contributed by atoms with van der Waals surface area (Å²) in [6, 6.07) is 9.71. The molecule has 1 heterocycles. The van der Waals surface area contributed by atoms with Crippen LogP contribution in [0.2, 0.25) is 0 Å². The minimum Gasteiger partial charge on any atom is -0.471 e. The Morgan fingerprint density at radius 1 is 1.15 bits per heavy atom. The highest BCUT2D eigenvalue weighted by atomic mass is 16.5. The van der Waals surface area contributed by atoms with E-state index in [2.05, 4.69) is 15.3 Å². The van der Waals surface area contributed by atoms with E-state index in [1.165, 1.54) is 0 Å². The number of ether oxygens (including phenoxy) is 1. The molecule has 0 atom stereocenters. The van der Waals surface area contributed by atoms with Gasteiger partial charge in [0.25, 0.3) is 5.91 Å². The van der Waals surface area contributed by atoms with Gasteiger partial charge in [-0.25, -0.2) is 9.97 Å². The second kappa shape index (κ2) is 6.14. The van der Waals surface area contributed by atoms with Gasteiger partial charge in [0.2, 0.25) is 5.88 Å². The molecule has 0 spiro atoms. The highest BCUT2D eigenvalue weighted by Gasteiger charge is 2.17. The lowest BCUT2D eigenvalue weighted by Gasteiger charge is -2.11. The van der Waals surface area contributed by atoms with Crippen LogP contribution in [0.5, 0.6) is 5.88 Å². The van der Waals surface area contributed by atoms with E-state index in [0.717, 1.165) is 17.0 Å². The van der Waals surface area contributed by atoms with Crippen molar-refractivity contribution in [3.8, 4) is 5.88 Å². The van der Waals surface area contributed by atoms with Crippen LogP contribution >= 0.6 is 0 Å². The number of hydrogen-bond donors (Lipinski definition) is 1. The van der Waals surface area contributed by atoms with Gasteiger partial charge in [-0.2, -0.15) is 0 Å². The molecule has 1 aromatic carbocycles. The molecule has 0 fully saturated rings. The molecule has 2 aromatic rings. The maximum atomic E-state index is 11.8. The number of carbonyl (C=O) groups excluding carboxylic acids is 1. The molecule has 0 saturated carbocycles. The van der Waals surface area contributed by atoms with E-state index in [1.807, 2.05) is 44.2 Å². The summed E-state index contributed by atoms with van der Waals surface area (Å²) < 4.78 is 5.65. The van der Waals surface area contributed by atoms with Crippen LogP contribution in [0.25, 0.3) is 0 Å². The minimum absolute atomic E-state index is 0.214. The zero-order valence-electron chi connectivity index (χ0n) is 11.8. The zero-order chi connectivity index (χ0) is 14.5. The molecule has 0 aliphatic rings. The Bertz CT molecular complexity index is 612. The quantitative estimate of drug-likeness (QED) is 0.924. The van der Waals surface area contributed by atoms with Crippen LogP contribution in [-0.2, 0) is 6.61 Å². The maximum absolute atomic E-state index is 11.8. The second-order valence-corrected chi connectivity index (χ2v) is 4.40. The summed E-state index contributed by atoms with van der Waals surface area (Å²) in [6.45, 7) is 4.00. The number of aryl methyl sites for hydroxylation is 2. The van der Waals surface area contributed by atoms with Crippen LogP contribution in [0.4, 0.5) is 0 Å². The van der Waals surface area contributed by atoms with Crippen molar-refractivity contribution in [1.29, 1.82) is 0 Å². The van der Waals surface area contributed by atoms with Gasteiger partial charge in [0.1, 0.15) is 6.61 Å². The molecule has 0 aliphatic carbocycles. The van der Waals surface area contributed by atoms with Gasteiger partial charge in [0, 0.05) is 7.05 Å². The Morgan fingerprint density at radius 3 is 2.45 bits per heavy atom. The highest BCUT2D eigenvalue weighted by molar-refractivity contribution is 5.94. The Morgan fingerprint density at radius 2 is 1.80 bits per heavy atom. The van der Waals surface area contributed by atoms with E-state index in [9.17, 15) is 4.79 Å². The SMILES string of the molecule is CNC(=O)c1nc(C)c(C)nc1OCc1ccccc1. The topological polar surface area (TPSA) is 64.1 Å². The fourth-order valence-corrected chi connectivity index (χ4v) is 1.68. The molecule has 1 N–H and O–H groups in total. The minimum atomic E-state index is -0.302. The summed E-state index contributed by atoms with van der Waals surface area (Å²) in [6.07, 6.45) is 0. The van der Waals surface area contributed by atoms with Gasteiger partial charge in [-0.15, -0.1) is 0 Å². The molecule has 5 nitrogen and oxygen atoms in total. The van der Waals surface area contributed by atoms with Gasteiger partial charge in [0.05, 0.1) is 11.4 Å². The third-order valence-electron chi connectivity index (χ3n) is 2.94. The zero-order valence-corrected chi connectivity index (χ0v) is 11.8. The summed E-state index contributed by atoms with van der Waals surface area (Å²) in [5.74, 6) is -0.0417. The molecular weight excluding hydrogens is 254 g/mol. The fraction of sp³-hybridized carbons (Fsp3) is 0.267. The van der Waals surface area contributed by atoms with Gasteiger partial charge in [-0.1, -0.05) is 30.3 Å². The number of benzene rings is 1. The molecule has 0 aliphatic heterocycles. The Kier molecular flexibility index (Phi) is 4.30. The molecule has 20 heavy (non-hydrogen) atoms. The van der Waals surface area contributed by atoms with E-state index < -0.39 is 0 Å². The molecule has 2 rings (SSSR count). The Balaban J connectivity index is 2.26. The molecule has 0 bridgehead atoms. The summed E-state index contributed by atoms with van der Waals surface area (Å²) in [7, 11) is 1.56. The Hall–Kier alpha value is -2.43. The van der Waals surface area contributed by atoms with Crippen molar-refractivity contribution in [2.75, 3.05) is 7.05 Å². The van der Waals surface area contributed by atoms with Crippen molar-refractivity contribution in [3.63, 3.8) is 0 Å². The second-order valence-electron chi connectivity index (χ2n) is 4.40. The van der Waals surface area contributed by atoms with Crippen molar-refractivity contribution < 1.29 is 9.53 Å². The Labute approximate surface area is 118 Å². The molecule has 104 valence electrons. The highest BCUT2D eigenvalue weighted by Crippen LogP contribution is 2.17. The molecule has 1 aromatic heterocycles. The first-order valence-electron chi connectivity index (χ1n) is 6.36. The number of rotatable bonds is 4. The van der Waals surface area contributed by atoms with Crippen LogP contribution in [0.3, 0.4) is 0 Å². The smallest absolute Gasteiger partial charge is 0.275 e. The van der Waals surface area contributed by atoms with E-state index >= 15 is 0 Å². The van der Waals surface area contributed by atoms with Crippen LogP contribution in [0.15, 0.2) is 30.3 Å². The van der Waals surface area contributed by atoms with Crippen molar-refractivity contribution in [3.05, 3.63) is 53.0 Å². The van der Waals surface area contributed by atoms with E-state index in [4.69, 9.17) is 4.74 Å². The van der Waals surface area contributed by atoms with E-state index in [1.54, 1.807) is 7.05 Å². The number of hydrogen-bond acceptors (Lipinski definition) is 4. The van der Waals surface area contributed by atoms with Crippen molar-refractivity contribution in [2.45, 2.75) is 20.5 Å². The summed E-state index contributed by atoms with van der Waals surface area (Å²) in [5, 5.41) is 2.55. The summed E-state index contributed by atoms with van der Waals surface area (Å²) >= 11 is 0. The molecule has 1 amide bonds. The molecule has 0 saturated heterocycles. The fourth-order valence-electron chi connectivity index (χ4n) is 1.68. The third-order valence-corrected chi connectivity index (χ3v) is 2.94. The lowest BCUT2D eigenvalue weighted by Crippen LogP contribution is -2.22. The van der Waals surface area contributed by atoms with Crippen molar-refractivity contribution >= 4 is 5.91 Å². The van der Waals surface area contributed by atoms with Gasteiger partial charge in [-0.05, 0) is 19.4 Å². The average molecular weight is 271 g/mol. The lowest BCUT2D eigenvalue weighted by atomic mass is 10.2. The van der Waals surface area contributed by atoms with Crippen LogP contribution in [0.1, 0.15) is 27.4 Å². The average Bonchev–Trinajstić information content (AvgIpc) is 2.48. The molecule has 5 heteroatoms. The predicted octanol–water partition coefficient (Wildman–Crippen LogP) is 2.03. The van der Waals surface area contributed by atoms with Crippen LogP contribution < -0.4 is 10.1 Å². The summed E-state index contributed by atoms with van der Waals surface area (Å²) in [5.41, 5.74) is 2.69. The van der Waals surface area contributed by atoms with Crippen LogP contribution in [0, 0.1) is 13.8 Å². The third kappa shape index (κ3) is 3.12. The molecule has 0 unspecified atom stereocenters. The number of nitrogens with one attached hydrogen (secondary N) is 1. The lowest BCUT2D eigenvalue weighted by molar-refractivity contribution is 0.0951. The first-order valence-corrected chi connectivity index (χ1v) is 6.36. The van der Waals surface area contributed by atoms with Crippen LogP contribution in [-0.4, -0.2) is 22.9 Å². The van der Waals surface area contributed by atoms with E-state index in [0.29, 0.717) is 6.61 Å². The monoisotopic (exact) mass is 271 g/mol. The van der Waals surface area contributed by atoms with Crippen molar-refractivity contribution in [2.24, 2.45) is 0 Å². The van der Waals surface area contributed by atoms with Gasteiger partial charge in [-0.3, -0.25) is 4.79 Å². The first-order chi connectivity index (χ1) is 9.61. The van der Waals surface area contributed by atoms with E-state index in [-0.39, 0.29) is 17.5 Å². The summed E-state index contributed by atoms with van der Waals surface area (Å²) in [4.78, 5) is 20.4. The van der Waals surface area contributed by atoms with Crippen molar-refractivity contribution in [1.82, 2.24) is 15.3 Å². The maximum Gasteiger partial charge on any atom is 0.275 e. The van der Waals surface area contributed by atoms with Gasteiger partial charge < -0.3 is 10.1 Å². The number of amides is 1. The van der Waals surface area contributed by atoms with Gasteiger partial charge in [0.15, 0.2) is 5.69 Å². The number of carbonyl (C=O) groups is 1. The first kappa shape index (κ1) is 14.0. The normalized spacial score (nSPS) is 10.2. The van der Waals surface area contributed by atoms with Gasteiger partial charge >= 0.3 is 0 Å². The molecule has 0 radical (unpaired) electrons. The standard InChI is InChI=1S/C15H17N3O2/c1-10-11(2)18-15(13(17-10)14(19)16-3)20-9-12-7-5-4-6-8-12/h4-8H,9H2,1-3H3,(H,16,19). The largest absolute Gasteiger partial charge is 0.471 e. The predicted molar refractivity (Wildman–Crippen MR) is 75.7 cm³/mol. The number of aromatic nitrogens is 2. The molecular formula is C15H17N3O2. The number of nitrogens with zero attached hydrogens (tertiary/aromatic N) is 2.